The molecule has 0 spiro atoms. The van der Waals surface area contributed by atoms with Crippen molar-refractivity contribution in [2.75, 3.05) is 55.2 Å². The number of rotatable bonds is 11. The molecule has 1 N–H and O–H groups in total. The van der Waals surface area contributed by atoms with E-state index in [-0.39, 0.29) is 11.9 Å². The Morgan fingerprint density at radius 1 is 0.868 bits per heavy atom. The number of methoxy groups -OCH3 is 5. The van der Waals surface area contributed by atoms with E-state index in [9.17, 15) is 4.79 Å². The van der Waals surface area contributed by atoms with Crippen LogP contribution in [0.25, 0.3) is 0 Å². The molecule has 8 heteroatoms. The Morgan fingerprint density at radius 3 is 2.24 bits per heavy atom. The van der Waals surface area contributed by atoms with Crippen LogP contribution in [0.4, 0.5) is 0 Å². The zero-order valence-electron chi connectivity index (χ0n) is 23.4. The maximum atomic E-state index is 13.2. The molecule has 0 aromatic heterocycles. The van der Waals surface area contributed by atoms with Crippen molar-refractivity contribution in [3.8, 4) is 28.7 Å². The number of nitrogens with one attached hydrogen (secondary N) is 1. The largest absolute Gasteiger partial charge is 0.493 e. The number of hydrogen-bond donors (Lipinski definition) is 1. The van der Waals surface area contributed by atoms with Gasteiger partial charge in [-0.3, -0.25) is 9.69 Å². The molecule has 208 valence electrons. The number of carbonyl (C=O) groups excluding carboxylic acids is 1. The lowest BCUT2D eigenvalue weighted by molar-refractivity contribution is -0.123. The van der Waals surface area contributed by atoms with Gasteiger partial charge in [-0.25, -0.2) is 0 Å². The molecule has 2 aromatic carbocycles. The second-order valence-electron chi connectivity index (χ2n) is 10.2. The first-order chi connectivity index (χ1) is 18.5. The smallest absolute Gasteiger partial charge is 0.234 e. The molecule has 2 aromatic rings. The van der Waals surface area contributed by atoms with Crippen molar-refractivity contribution in [2.24, 2.45) is 5.92 Å². The molecule has 0 saturated heterocycles. The van der Waals surface area contributed by atoms with Crippen LogP contribution in [0, 0.1) is 5.92 Å². The lowest BCUT2D eigenvalue weighted by atomic mass is 9.87. The van der Waals surface area contributed by atoms with Crippen LogP contribution < -0.4 is 29.0 Å². The average molecular weight is 527 g/mol. The fraction of sp³-hybridized carbons (Fsp3) is 0.567. The van der Waals surface area contributed by atoms with Gasteiger partial charge in [0.1, 0.15) is 0 Å². The third-order valence-electron chi connectivity index (χ3n) is 7.93. The fourth-order valence-electron chi connectivity index (χ4n) is 5.94. The number of benzene rings is 2. The van der Waals surface area contributed by atoms with Gasteiger partial charge in [-0.1, -0.05) is 25.3 Å². The third-order valence-corrected chi connectivity index (χ3v) is 7.93. The van der Waals surface area contributed by atoms with Crippen molar-refractivity contribution in [3.05, 3.63) is 41.0 Å². The highest BCUT2D eigenvalue weighted by atomic mass is 16.5. The first-order valence-corrected chi connectivity index (χ1v) is 13.6. The van der Waals surface area contributed by atoms with Gasteiger partial charge in [0.15, 0.2) is 23.0 Å². The predicted octanol–water partition coefficient (Wildman–Crippen LogP) is 4.57. The topological polar surface area (TPSA) is 78.5 Å². The Morgan fingerprint density at radius 2 is 1.58 bits per heavy atom. The van der Waals surface area contributed by atoms with Gasteiger partial charge in [0.25, 0.3) is 0 Å². The minimum Gasteiger partial charge on any atom is -0.493 e. The number of fused-ring (bicyclic) bond motifs is 1. The van der Waals surface area contributed by atoms with Crippen LogP contribution >= 0.6 is 0 Å². The van der Waals surface area contributed by atoms with E-state index in [1.807, 2.05) is 24.3 Å². The molecule has 8 nitrogen and oxygen atoms in total. The van der Waals surface area contributed by atoms with E-state index in [4.69, 9.17) is 23.7 Å². The van der Waals surface area contributed by atoms with Crippen LogP contribution in [0.3, 0.4) is 0 Å². The number of nitrogens with zero attached hydrogens (tertiary/aromatic N) is 1. The van der Waals surface area contributed by atoms with E-state index in [2.05, 4.69) is 10.2 Å². The van der Waals surface area contributed by atoms with Gasteiger partial charge in [0.2, 0.25) is 11.7 Å². The van der Waals surface area contributed by atoms with Gasteiger partial charge in [-0.2, -0.15) is 0 Å². The predicted molar refractivity (Wildman–Crippen MR) is 147 cm³/mol. The number of hydrogen-bond acceptors (Lipinski definition) is 7. The molecular formula is C30H42N2O6. The Kier molecular flexibility index (Phi) is 9.61. The van der Waals surface area contributed by atoms with Gasteiger partial charge in [-0.05, 0) is 60.9 Å². The van der Waals surface area contributed by atoms with E-state index in [1.54, 1.807) is 35.5 Å². The molecule has 1 saturated carbocycles. The van der Waals surface area contributed by atoms with Crippen molar-refractivity contribution in [3.63, 3.8) is 0 Å². The van der Waals surface area contributed by atoms with Crippen LogP contribution in [-0.4, -0.2) is 66.0 Å². The summed E-state index contributed by atoms with van der Waals surface area (Å²) in [6.07, 6.45) is 7.70. The number of amides is 1. The molecule has 2 aliphatic rings. The maximum absolute atomic E-state index is 13.2. The summed E-state index contributed by atoms with van der Waals surface area (Å²) in [5, 5.41) is 3.22. The Hall–Kier alpha value is -3.13. The molecule has 0 radical (unpaired) electrons. The first-order valence-electron chi connectivity index (χ1n) is 13.6. The molecule has 4 rings (SSSR count). The standard InChI is InChI=1S/C30H42N2O6/c1-34-24-12-11-21(16-25(24)35-2)15-23-28-22(17-26(36-3)29(37-4)30(28)38-5)13-14-32(23)19-27(33)31-18-20-9-7-6-8-10-20/h11-12,16-17,20,23H,6-10,13-15,18-19H2,1-5H3,(H,31,33). The summed E-state index contributed by atoms with van der Waals surface area (Å²) in [4.78, 5) is 15.4. The van der Waals surface area contributed by atoms with Crippen LogP contribution in [0.15, 0.2) is 24.3 Å². The molecule has 1 aliphatic heterocycles. The summed E-state index contributed by atoms with van der Waals surface area (Å²) < 4.78 is 28.3. The molecule has 0 bridgehead atoms. The van der Waals surface area contributed by atoms with Crippen LogP contribution in [0.5, 0.6) is 28.7 Å². The van der Waals surface area contributed by atoms with Gasteiger partial charge < -0.3 is 29.0 Å². The van der Waals surface area contributed by atoms with Gasteiger partial charge in [0.05, 0.1) is 42.1 Å². The second-order valence-corrected chi connectivity index (χ2v) is 10.2. The molecular weight excluding hydrogens is 484 g/mol. The normalized spacial score (nSPS) is 17.9. The highest BCUT2D eigenvalue weighted by molar-refractivity contribution is 5.78. The lowest BCUT2D eigenvalue weighted by Crippen LogP contribution is -2.44. The highest BCUT2D eigenvalue weighted by Gasteiger charge is 2.35. The minimum atomic E-state index is -0.105. The maximum Gasteiger partial charge on any atom is 0.234 e. The van der Waals surface area contributed by atoms with E-state index >= 15 is 0 Å². The van der Waals surface area contributed by atoms with Crippen molar-refractivity contribution >= 4 is 5.91 Å². The monoisotopic (exact) mass is 526 g/mol. The van der Waals surface area contributed by atoms with Crippen LogP contribution in [-0.2, 0) is 17.6 Å². The number of carbonyl (C=O) groups is 1. The van der Waals surface area contributed by atoms with E-state index < -0.39 is 0 Å². The van der Waals surface area contributed by atoms with Crippen LogP contribution in [0.2, 0.25) is 0 Å². The third kappa shape index (κ3) is 6.12. The van der Waals surface area contributed by atoms with E-state index in [0.29, 0.717) is 47.6 Å². The SMILES string of the molecule is COc1ccc(CC2c3c(cc(OC)c(OC)c3OC)CCN2CC(=O)NCC2CCCCC2)cc1OC. The minimum absolute atomic E-state index is 0.0655. The molecule has 1 unspecified atom stereocenters. The molecule has 1 amide bonds. The lowest BCUT2D eigenvalue weighted by Gasteiger charge is -2.38. The van der Waals surface area contributed by atoms with Crippen molar-refractivity contribution in [1.82, 2.24) is 10.2 Å². The van der Waals surface area contributed by atoms with E-state index in [0.717, 1.165) is 36.2 Å². The highest BCUT2D eigenvalue weighted by Crippen LogP contribution is 2.48. The summed E-state index contributed by atoms with van der Waals surface area (Å²) in [6.45, 7) is 1.83. The molecule has 1 fully saturated rings. The average Bonchev–Trinajstić information content (AvgIpc) is 2.96. The Labute approximate surface area is 226 Å². The van der Waals surface area contributed by atoms with Crippen molar-refractivity contribution in [1.29, 1.82) is 0 Å². The number of ether oxygens (including phenoxy) is 5. The van der Waals surface area contributed by atoms with Crippen molar-refractivity contribution < 1.29 is 28.5 Å². The second kappa shape index (κ2) is 13.1. The van der Waals surface area contributed by atoms with Gasteiger partial charge in [-0.15, -0.1) is 0 Å². The fourth-order valence-corrected chi connectivity index (χ4v) is 5.94. The summed E-state index contributed by atoms with van der Waals surface area (Å²) in [5.74, 6) is 3.88. The molecule has 1 heterocycles. The summed E-state index contributed by atoms with van der Waals surface area (Å²) in [5.41, 5.74) is 3.25. The van der Waals surface area contributed by atoms with Gasteiger partial charge in [0, 0.05) is 24.7 Å². The Bertz CT molecular complexity index is 1100. The zero-order chi connectivity index (χ0) is 27.1. The Balaban J connectivity index is 1.65. The molecule has 1 aliphatic carbocycles. The van der Waals surface area contributed by atoms with Gasteiger partial charge >= 0.3 is 0 Å². The molecule has 38 heavy (non-hydrogen) atoms. The van der Waals surface area contributed by atoms with Crippen molar-refractivity contribution in [2.45, 2.75) is 51.0 Å². The summed E-state index contributed by atoms with van der Waals surface area (Å²) >= 11 is 0. The zero-order valence-corrected chi connectivity index (χ0v) is 23.4. The molecule has 1 atom stereocenters. The summed E-state index contributed by atoms with van der Waals surface area (Å²) in [6, 6.07) is 7.90. The summed E-state index contributed by atoms with van der Waals surface area (Å²) in [7, 11) is 8.18. The van der Waals surface area contributed by atoms with Crippen LogP contribution in [0.1, 0.15) is 54.8 Å². The van der Waals surface area contributed by atoms with E-state index in [1.165, 1.54) is 32.1 Å². The quantitative estimate of drug-likeness (QED) is 0.460. The first kappa shape index (κ1) is 27.9.